The molecule has 2 saturated carbocycles. The molecule has 2 unspecified atom stereocenters. The Morgan fingerprint density at radius 2 is 1.40 bits per heavy atom. The molecule has 25 heavy (non-hydrogen) atoms. The minimum absolute atomic E-state index is 0.282. The first-order valence-corrected chi connectivity index (χ1v) is 9.75. The van der Waals surface area contributed by atoms with Crippen molar-refractivity contribution < 1.29 is 4.79 Å². The summed E-state index contributed by atoms with van der Waals surface area (Å²) in [6, 6.07) is 5.57. The molecule has 3 rings (SSSR count). The molecule has 3 heteroatoms. The van der Waals surface area contributed by atoms with E-state index in [0.29, 0.717) is 12.5 Å². The molecule has 0 aromatic heterocycles. The number of benzene rings is 1. The topological polar surface area (TPSA) is 23.6 Å². The number of likely N-dealkylation sites (N-methyl/N-ethyl adjacent to an activating group) is 1. The quantitative estimate of drug-likeness (QED) is 0.832. The van der Waals surface area contributed by atoms with Gasteiger partial charge < -0.3 is 9.80 Å². The molecule has 0 heterocycles. The van der Waals surface area contributed by atoms with Crippen molar-refractivity contribution in [2.75, 3.05) is 21.1 Å². The summed E-state index contributed by atoms with van der Waals surface area (Å²) >= 11 is 0. The number of nitrogens with zero attached hydrogens (tertiary/aromatic N) is 2. The van der Waals surface area contributed by atoms with Crippen molar-refractivity contribution in [2.45, 2.75) is 65.0 Å². The van der Waals surface area contributed by atoms with Crippen LogP contribution in [-0.4, -0.2) is 48.9 Å². The number of carbonyl (C=O) groups is 1. The maximum atomic E-state index is 12.9. The average molecular weight is 343 g/mol. The van der Waals surface area contributed by atoms with Crippen LogP contribution in [0.1, 0.15) is 47.9 Å². The molecular formula is C22H34N2O. The fourth-order valence-electron chi connectivity index (χ4n) is 5.26. The molecule has 2 fully saturated rings. The van der Waals surface area contributed by atoms with Crippen molar-refractivity contribution >= 4 is 5.91 Å². The van der Waals surface area contributed by atoms with Crippen molar-refractivity contribution in [3.63, 3.8) is 0 Å². The van der Waals surface area contributed by atoms with E-state index in [1.165, 1.54) is 47.9 Å². The van der Waals surface area contributed by atoms with Gasteiger partial charge in [-0.05, 0) is 89.1 Å². The lowest BCUT2D eigenvalue weighted by Gasteiger charge is -2.27. The van der Waals surface area contributed by atoms with Crippen LogP contribution in [0.5, 0.6) is 0 Å². The third-order valence-corrected chi connectivity index (χ3v) is 6.81. The molecule has 0 N–H and O–H groups in total. The molecule has 1 amide bonds. The zero-order chi connectivity index (χ0) is 18.3. The lowest BCUT2D eigenvalue weighted by molar-refractivity contribution is -0.131. The lowest BCUT2D eigenvalue weighted by Crippen LogP contribution is -2.37. The molecule has 0 aliphatic heterocycles. The Morgan fingerprint density at radius 3 is 1.88 bits per heavy atom. The van der Waals surface area contributed by atoms with Crippen LogP contribution in [0.15, 0.2) is 12.1 Å². The zero-order valence-electron chi connectivity index (χ0n) is 16.8. The summed E-state index contributed by atoms with van der Waals surface area (Å²) in [6.45, 7) is 6.38. The van der Waals surface area contributed by atoms with Gasteiger partial charge in [0.15, 0.2) is 0 Å². The van der Waals surface area contributed by atoms with E-state index in [0.717, 1.165) is 17.9 Å². The van der Waals surface area contributed by atoms with Crippen LogP contribution in [0.3, 0.4) is 0 Å². The average Bonchev–Trinajstić information content (AvgIpc) is 3.08. The van der Waals surface area contributed by atoms with Crippen molar-refractivity contribution in [1.82, 2.24) is 9.80 Å². The maximum absolute atomic E-state index is 12.9. The molecule has 0 bridgehead atoms. The first kappa shape index (κ1) is 18.4. The highest BCUT2D eigenvalue weighted by Gasteiger charge is 2.43. The normalized spacial score (nSPS) is 28.4. The van der Waals surface area contributed by atoms with Gasteiger partial charge in [0.1, 0.15) is 0 Å². The van der Waals surface area contributed by atoms with E-state index in [1.807, 2.05) is 7.05 Å². The van der Waals surface area contributed by atoms with Gasteiger partial charge >= 0.3 is 0 Å². The van der Waals surface area contributed by atoms with E-state index in [9.17, 15) is 4.79 Å². The highest BCUT2D eigenvalue weighted by atomic mass is 16.2. The van der Waals surface area contributed by atoms with Gasteiger partial charge in [0.25, 0.3) is 0 Å². The molecule has 2 aliphatic rings. The standard InChI is InChI=1S/C22H34N2O/c1-14-7-15(2)21(16(3)8-14)13-22(25)24(6)20-11-17-9-19(23(4)5)10-18(17)12-20/h7-8,17-20H,9-13H2,1-6H3/t17-,18+,19?,20?. The molecule has 138 valence electrons. The summed E-state index contributed by atoms with van der Waals surface area (Å²) in [4.78, 5) is 17.3. The number of aryl methyl sites for hydroxylation is 3. The SMILES string of the molecule is Cc1cc(C)c(CC(=O)N(C)C2C[C@H]3CC(N(C)C)C[C@H]3C2)c(C)c1. The second-order valence-electron chi connectivity index (χ2n) is 8.79. The first-order valence-electron chi connectivity index (χ1n) is 9.75. The van der Waals surface area contributed by atoms with Crippen LogP contribution in [0.4, 0.5) is 0 Å². The van der Waals surface area contributed by atoms with Crippen LogP contribution in [0.2, 0.25) is 0 Å². The monoisotopic (exact) mass is 342 g/mol. The Morgan fingerprint density at radius 1 is 0.920 bits per heavy atom. The van der Waals surface area contributed by atoms with Crippen molar-refractivity contribution in [3.8, 4) is 0 Å². The molecule has 0 spiro atoms. The molecule has 0 radical (unpaired) electrons. The van der Waals surface area contributed by atoms with Gasteiger partial charge in [-0.1, -0.05) is 17.7 Å². The summed E-state index contributed by atoms with van der Waals surface area (Å²) in [5.41, 5.74) is 4.99. The summed E-state index contributed by atoms with van der Waals surface area (Å²) in [7, 11) is 6.42. The Bertz CT molecular complexity index is 614. The molecular weight excluding hydrogens is 308 g/mol. The maximum Gasteiger partial charge on any atom is 0.227 e. The van der Waals surface area contributed by atoms with E-state index >= 15 is 0 Å². The largest absolute Gasteiger partial charge is 0.342 e. The van der Waals surface area contributed by atoms with Crippen LogP contribution < -0.4 is 0 Å². The van der Waals surface area contributed by atoms with Gasteiger partial charge in [-0.2, -0.15) is 0 Å². The van der Waals surface area contributed by atoms with Crippen molar-refractivity contribution in [1.29, 1.82) is 0 Å². The molecule has 1 aromatic carbocycles. The van der Waals surface area contributed by atoms with E-state index in [1.54, 1.807) is 0 Å². The molecule has 3 nitrogen and oxygen atoms in total. The van der Waals surface area contributed by atoms with Crippen LogP contribution in [-0.2, 0) is 11.2 Å². The van der Waals surface area contributed by atoms with Crippen LogP contribution >= 0.6 is 0 Å². The molecule has 4 atom stereocenters. The van der Waals surface area contributed by atoms with Crippen molar-refractivity contribution in [3.05, 3.63) is 34.4 Å². The van der Waals surface area contributed by atoms with Gasteiger partial charge in [-0.15, -0.1) is 0 Å². The van der Waals surface area contributed by atoms with Gasteiger partial charge in [0.05, 0.1) is 6.42 Å². The Labute approximate surface area is 153 Å². The van der Waals surface area contributed by atoms with E-state index in [4.69, 9.17) is 0 Å². The predicted octanol–water partition coefficient (Wildman–Crippen LogP) is 3.73. The Balaban J connectivity index is 1.61. The van der Waals surface area contributed by atoms with Crippen molar-refractivity contribution in [2.24, 2.45) is 11.8 Å². The number of hydrogen-bond acceptors (Lipinski definition) is 2. The smallest absolute Gasteiger partial charge is 0.227 e. The Kier molecular flexibility index (Phi) is 5.24. The number of fused-ring (bicyclic) bond motifs is 1. The summed E-state index contributed by atoms with van der Waals surface area (Å²) < 4.78 is 0. The highest BCUT2D eigenvalue weighted by Crippen LogP contribution is 2.46. The van der Waals surface area contributed by atoms with E-state index in [2.05, 4.69) is 56.8 Å². The van der Waals surface area contributed by atoms with Gasteiger partial charge in [-0.3, -0.25) is 4.79 Å². The molecule has 2 aliphatic carbocycles. The number of rotatable bonds is 4. The van der Waals surface area contributed by atoms with Gasteiger partial charge in [-0.25, -0.2) is 0 Å². The first-order chi connectivity index (χ1) is 11.8. The van der Waals surface area contributed by atoms with Gasteiger partial charge in [0.2, 0.25) is 5.91 Å². The number of amides is 1. The summed E-state index contributed by atoms with van der Waals surface area (Å²) in [6.07, 6.45) is 5.56. The predicted molar refractivity (Wildman–Crippen MR) is 104 cm³/mol. The fraction of sp³-hybridized carbons (Fsp3) is 0.682. The molecule has 0 saturated heterocycles. The highest BCUT2D eigenvalue weighted by molar-refractivity contribution is 5.79. The number of hydrogen-bond donors (Lipinski definition) is 0. The third kappa shape index (κ3) is 3.76. The lowest BCUT2D eigenvalue weighted by atomic mass is 9.96. The summed E-state index contributed by atoms with van der Waals surface area (Å²) in [5.74, 6) is 1.91. The van der Waals surface area contributed by atoms with Crippen LogP contribution in [0, 0.1) is 32.6 Å². The second-order valence-corrected chi connectivity index (χ2v) is 8.79. The summed E-state index contributed by atoms with van der Waals surface area (Å²) in [5, 5.41) is 0. The molecule has 1 aromatic rings. The minimum Gasteiger partial charge on any atom is -0.342 e. The fourth-order valence-corrected chi connectivity index (χ4v) is 5.26. The van der Waals surface area contributed by atoms with E-state index < -0.39 is 0 Å². The minimum atomic E-state index is 0.282. The van der Waals surface area contributed by atoms with E-state index in [-0.39, 0.29) is 5.91 Å². The van der Waals surface area contributed by atoms with Gasteiger partial charge in [0, 0.05) is 19.1 Å². The number of carbonyl (C=O) groups excluding carboxylic acids is 1. The second kappa shape index (κ2) is 7.11. The Hall–Kier alpha value is -1.35. The zero-order valence-corrected chi connectivity index (χ0v) is 16.8. The van der Waals surface area contributed by atoms with Crippen LogP contribution in [0.25, 0.3) is 0 Å². The third-order valence-electron chi connectivity index (χ3n) is 6.81.